The van der Waals surface area contributed by atoms with E-state index in [9.17, 15) is 0 Å². The molecule has 0 aromatic carbocycles. The first-order valence-corrected chi connectivity index (χ1v) is 6.65. The Labute approximate surface area is 150 Å². The van der Waals surface area contributed by atoms with E-state index in [-0.39, 0.29) is 17.1 Å². The van der Waals surface area contributed by atoms with Gasteiger partial charge in [-0.25, -0.2) is 0 Å². The van der Waals surface area contributed by atoms with Gasteiger partial charge in [-0.15, -0.1) is 0 Å². The summed E-state index contributed by atoms with van der Waals surface area (Å²) in [6.45, 7) is 20.2. The molecule has 0 bridgehead atoms. The Morgan fingerprint density at radius 1 is 0.818 bits per heavy atom. The zero-order valence-corrected chi connectivity index (χ0v) is 14.1. The standard InChI is InChI=1S/2C5H5.C4H6.3CO.2Fe/c2*1-2-4-5-3-1;1-3-4-2;3*1-2;;/h2*1-3H,4H2;3-4H,1-2H2;;;;;. The summed E-state index contributed by atoms with van der Waals surface area (Å²) < 4.78 is 3.11. The quantitative estimate of drug-likeness (QED) is 0.559. The van der Waals surface area contributed by atoms with Crippen LogP contribution in [0.4, 0.5) is 0 Å². The van der Waals surface area contributed by atoms with Gasteiger partial charge in [-0.05, 0) is 0 Å². The number of hydrogen-bond donors (Lipinski definition) is 0. The van der Waals surface area contributed by atoms with E-state index in [2.05, 4.69) is 70.0 Å². The van der Waals surface area contributed by atoms with Crippen LogP contribution in [0.1, 0.15) is 12.8 Å². The average molecular weight is 380 g/mol. The van der Waals surface area contributed by atoms with Crippen molar-refractivity contribution in [3.8, 4) is 0 Å². The Hall–Kier alpha value is -1.51. The van der Waals surface area contributed by atoms with Gasteiger partial charge in [-0.3, -0.25) is 14.4 Å². The molecule has 6 radical (unpaired) electrons. The molecule has 0 N–H and O–H groups in total. The van der Waals surface area contributed by atoms with E-state index < -0.39 is 0 Å². The van der Waals surface area contributed by atoms with Crippen LogP contribution in [0, 0.1) is 0 Å². The summed E-state index contributed by atoms with van der Waals surface area (Å²) in [6, 6.07) is 0. The topological polar surface area (TPSA) is 51.2 Å². The summed E-state index contributed by atoms with van der Waals surface area (Å²) in [5.74, 6) is 0. The summed E-state index contributed by atoms with van der Waals surface area (Å²) in [7, 11) is 0. The van der Waals surface area contributed by atoms with Crippen LogP contribution < -0.4 is 0 Å². The van der Waals surface area contributed by atoms with Gasteiger partial charge in [0.15, 0.2) is 0 Å². The van der Waals surface area contributed by atoms with Crippen molar-refractivity contribution < 1.29 is 46.4 Å². The van der Waals surface area contributed by atoms with E-state index in [0.29, 0.717) is 0 Å². The molecule has 5 heteroatoms. The second-order valence-corrected chi connectivity index (χ2v) is 4.71. The Balaban J connectivity index is -0.000000127. The van der Waals surface area contributed by atoms with E-state index in [1.807, 2.05) is 0 Å². The molecular formula is C17H16Fe2O3. The molecule has 0 unspecified atom stereocenters. The van der Waals surface area contributed by atoms with Gasteiger partial charge in [0.1, 0.15) is 0 Å². The molecule has 0 fully saturated rings. The summed E-state index contributed by atoms with van der Waals surface area (Å²) in [5, 5.41) is 0. The predicted molar refractivity (Wildman–Crippen MR) is 81.2 cm³/mol. The van der Waals surface area contributed by atoms with Crippen molar-refractivity contribution in [2.45, 2.75) is 12.8 Å². The Morgan fingerprint density at radius 3 is 1.32 bits per heavy atom. The Bertz CT molecular complexity index is 358. The third kappa shape index (κ3) is 18.5. The maximum absolute atomic E-state index is 7.50. The van der Waals surface area contributed by atoms with Crippen LogP contribution >= 0.6 is 0 Å². The molecule has 118 valence electrons. The first-order chi connectivity index (χ1) is 10.4. The van der Waals surface area contributed by atoms with Gasteiger partial charge >= 0.3 is 73.2 Å². The van der Waals surface area contributed by atoms with Crippen molar-refractivity contribution in [3.05, 3.63) is 70.7 Å². The van der Waals surface area contributed by atoms with Gasteiger partial charge in [0.2, 0.25) is 0 Å². The van der Waals surface area contributed by atoms with Gasteiger partial charge in [0.05, 0.1) is 0 Å². The van der Waals surface area contributed by atoms with Gasteiger partial charge in [-0.2, -0.15) is 0 Å². The SMILES string of the molecule is C1=CC[C]([Fe][C]2=CC=CC2)=C1.C=CC=C.[C]=O.[C]=O.[C]=O.[Fe]. The molecule has 0 atom stereocenters. The molecule has 2 aliphatic rings. The van der Waals surface area contributed by atoms with Crippen LogP contribution in [-0.4, -0.2) is 20.4 Å². The molecule has 0 saturated carbocycles. The minimum absolute atomic E-state index is 0. The number of rotatable bonds is 3. The van der Waals surface area contributed by atoms with Crippen LogP contribution in [0.25, 0.3) is 0 Å². The van der Waals surface area contributed by atoms with E-state index >= 15 is 0 Å². The summed E-state index contributed by atoms with van der Waals surface area (Å²) >= 11 is 1.18. The fourth-order valence-electron chi connectivity index (χ4n) is 1.11. The maximum atomic E-state index is 7.50. The molecule has 0 amide bonds. The molecule has 22 heavy (non-hydrogen) atoms. The Morgan fingerprint density at radius 2 is 1.14 bits per heavy atom. The molecule has 0 aliphatic heterocycles. The van der Waals surface area contributed by atoms with Crippen molar-refractivity contribution in [3.63, 3.8) is 0 Å². The predicted octanol–water partition coefficient (Wildman–Crippen LogP) is 2.92. The molecule has 0 heterocycles. The summed E-state index contributed by atoms with van der Waals surface area (Å²) in [6.07, 6.45) is 18.8. The fourth-order valence-corrected chi connectivity index (χ4v) is 2.45. The van der Waals surface area contributed by atoms with Crippen LogP contribution in [0.3, 0.4) is 0 Å². The molecule has 3 nitrogen and oxygen atoms in total. The molecule has 2 rings (SSSR count). The van der Waals surface area contributed by atoms with E-state index in [1.165, 1.54) is 15.0 Å². The second kappa shape index (κ2) is 27.8. The zero-order chi connectivity index (χ0) is 16.9. The first-order valence-electron chi connectivity index (χ1n) is 5.55. The molecule has 0 spiro atoms. The summed E-state index contributed by atoms with van der Waals surface area (Å²) in [5.41, 5.74) is 0. The zero-order valence-electron chi connectivity index (χ0n) is 11.9. The first kappa shape index (κ1) is 28.6. The van der Waals surface area contributed by atoms with Crippen molar-refractivity contribution in [1.29, 1.82) is 0 Å². The van der Waals surface area contributed by atoms with Gasteiger partial charge in [0.25, 0.3) is 20.4 Å². The van der Waals surface area contributed by atoms with Crippen LogP contribution in [0.2, 0.25) is 0 Å². The van der Waals surface area contributed by atoms with Crippen molar-refractivity contribution in [2.24, 2.45) is 0 Å². The van der Waals surface area contributed by atoms with Crippen molar-refractivity contribution >= 4 is 20.4 Å². The molecule has 0 aromatic rings. The van der Waals surface area contributed by atoms with Gasteiger partial charge in [0, 0.05) is 17.1 Å². The van der Waals surface area contributed by atoms with Crippen molar-refractivity contribution in [2.75, 3.05) is 0 Å². The number of allylic oxidation sites excluding steroid dienone is 10. The third-order valence-corrected chi connectivity index (χ3v) is 3.36. The maximum Gasteiger partial charge on any atom is 0.281 e. The smallest absolute Gasteiger partial charge is 0.281 e. The minimum atomic E-state index is 0. The molecular weight excluding hydrogens is 364 g/mol. The Kier molecular flexibility index (Phi) is 36.1. The van der Waals surface area contributed by atoms with Crippen LogP contribution in [-0.2, 0) is 46.4 Å². The van der Waals surface area contributed by atoms with Gasteiger partial charge < -0.3 is 0 Å². The average Bonchev–Trinajstić information content (AvgIpc) is 3.28. The van der Waals surface area contributed by atoms with Gasteiger partial charge in [-0.1, -0.05) is 25.3 Å². The minimum Gasteiger partial charge on any atom is -0.281 e. The monoisotopic (exact) mass is 380 g/mol. The van der Waals surface area contributed by atoms with Crippen LogP contribution in [0.15, 0.2) is 70.7 Å². The number of carbonyl (C=O) groups excluding carboxylic acids is 3. The molecule has 2 aliphatic carbocycles. The normalized spacial score (nSPS) is 12.0. The molecule has 0 saturated heterocycles. The summed E-state index contributed by atoms with van der Waals surface area (Å²) in [4.78, 5) is 22.5. The number of hydrogen-bond acceptors (Lipinski definition) is 3. The van der Waals surface area contributed by atoms with Crippen LogP contribution in [0.5, 0.6) is 0 Å². The fraction of sp³-hybridized carbons (Fsp3) is 0.118. The van der Waals surface area contributed by atoms with E-state index in [1.54, 1.807) is 21.1 Å². The van der Waals surface area contributed by atoms with E-state index in [4.69, 9.17) is 14.4 Å². The largest absolute Gasteiger partial charge is 0.281 e. The van der Waals surface area contributed by atoms with Crippen molar-refractivity contribution in [1.82, 2.24) is 0 Å². The molecule has 0 aromatic heterocycles. The third-order valence-electron chi connectivity index (χ3n) is 1.83. The second-order valence-electron chi connectivity index (χ2n) is 3.02. The van der Waals surface area contributed by atoms with E-state index in [0.717, 1.165) is 12.8 Å².